The average molecular weight is 261 g/mol. The molecule has 1 heterocycles. The van der Waals surface area contributed by atoms with Gasteiger partial charge in [0.25, 0.3) is 0 Å². The van der Waals surface area contributed by atoms with Crippen molar-refractivity contribution in [3.8, 4) is 0 Å². The van der Waals surface area contributed by atoms with Gasteiger partial charge in [-0.2, -0.15) is 0 Å². The van der Waals surface area contributed by atoms with Gasteiger partial charge in [0.2, 0.25) is 0 Å². The quantitative estimate of drug-likeness (QED) is 0.846. The Morgan fingerprint density at radius 1 is 0.947 bits per heavy atom. The van der Waals surface area contributed by atoms with E-state index in [9.17, 15) is 0 Å². The lowest BCUT2D eigenvalue weighted by molar-refractivity contribution is 0.130. The summed E-state index contributed by atoms with van der Waals surface area (Å²) in [5.74, 6) is 0. The van der Waals surface area contributed by atoms with Crippen LogP contribution >= 0.6 is 0 Å². The van der Waals surface area contributed by atoms with E-state index in [0.29, 0.717) is 0 Å². The number of hydrogen-bond acceptors (Lipinski definition) is 3. The van der Waals surface area contributed by atoms with Gasteiger partial charge in [0, 0.05) is 45.8 Å². The highest BCUT2D eigenvalue weighted by molar-refractivity contribution is 5.22. The maximum atomic E-state index is 5.60. The Balaban J connectivity index is 1.78. The molecule has 106 valence electrons. The number of hydrogen-bond donors (Lipinski definition) is 1. The molecule has 3 heteroatoms. The van der Waals surface area contributed by atoms with Crippen LogP contribution in [0.15, 0.2) is 24.3 Å². The molecule has 0 atom stereocenters. The van der Waals surface area contributed by atoms with E-state index < -0.39 is 0 Å². The average Bonchev–Trinajstić information content (AvgIpc) is 2.44. The van der Waals surface area contributed by atoms with Crippen molar-refractivity contribution in [3.05, 3.63) is 35.4 Å². The molecule has 0 radical (unpaired) electrons. The van der Waals surface area contributed by atoms with Crippen molar-refractivity contribution in [2.45, 2.75) is 26.3 Å². The fourth-order valence-electron chi connectivity index (χ4n) is 2.71. The lowest BCUT2D eigenvalue weighted by atomic mass is 10.1. The minimum Gasteiger partial charge on any atom is -0.329 e. The van der Waals surface area contributed by atoms with E-state index in [-0.39, 0.29) is 0 Å². The lowest BCUT2D eigenvalue weighted by Crippen LogP contribution is -2.47. The van der Waals surface area contributed by atoms with E-state index in [1.54, 1.807) is 0 Å². The van der Waals surface area contributed by atoms with Crippen molar-refractivity contribution in [2.75, 3.05) is 39.3 Å². The van der Waals surface area contributed by atoms with Crippen LogP contribution in [0.25, 0.3) is 0 Å². The zero-order valence-electron chi connectivity index (χ0n) is 12.1. The van der Waals surface area contributed by atoms with Crippen LogP contribution in [0.2, 0.25) is 0 Å². The molecule has 0 aliphatic carbocycles. The number of nitrogens with two attached hydrogens (primary N) is 1. The van der Waals surface area contributed by atoms with E-state index in [1.807, 2.05) is 0 Å². The summed E-state index contributed by atoms with van der Waals surface area (Å²) >= 11 is 0. The van der Waals surface area contributed by atoms with Crippen LogP contribution in [0.4, 0.5) is 0 Å². The molecule has 0 aromatic heterocycles. The Kier molecular flexibility index (Phi) is 5.83. The number of benzene rings is 1. The van der Waals surface area contributed by atoms with E-state index in [2.05, 4.69) is 41.0 Å². The summed E-state index contributed by atoms with van der Waals surface area (Å²) in [4.78, 5) is 5.00. The Hall–Kier alpha value is -0.900. The van der Waals surface area contributed by atoms with Crippen molar-refractivity contribution in [3.63, 3.8) is 0 Å². The molecule has 1 fully saturated rings. The highest BCUT2D eigenvalue weighted by Gasteiger charge is 2.15. The molecule has 1 aromatic carbocycles. The minimum absolute atomic E-state index is 0.777. The molecule has 1 aromatic rings. The maximum Gasteiger partial charge on any atom is 0.0234 e. The van der Waals surface area contributed by atoms with Gasteiger partial charge in [0.1, 0.15) is 0 Å². The van der Waals surface area contributed by atoms with Crippen LogP contribution in [-0.4, -0.2) is 49.1 Å². The van der Waals surface area contributed by atoms with Crippen LogP contribution in [0.1, 0.15) is 24.5 Å². The van der Waals surface area contributed by atoms with E-state index >= 15 is 0 Å². The van der Waals surface area contributed by atoms with Crippen LogP contribution in [-0.2, 0) is 13.0 Å². The Morgan fingerprint density at radius 3 is 2.11 bits per heavy atom. The standard InChI is InChI=1S/C16H27N3/c1-2-3-15-4-6-16(7-5-15)14-19-12-10-18(9-8-17)11-13-19/h4-7H,2-3,8-14,17H2,1H3. The highest BCUT2D eigenvalue weighted by Crippen LogP contribution is 2.11. The minimum atomic E-state index is 0.777. The second-order valence-electron chi connectivity index (χ2n) is 5.47. The zero-order chi connectivity index (χ0) is 13.5. The predicted molar refractivity (Wildman–Crippen MR) is 81.2 cm³/mol. The fourth-order valence-corrected chi connectivity index (χ4v) is 2.71. The molecule has 1 saturated heterocycles. The number of rotatable bonds is 6. The number of nitrogens with zero attached hydrogens (tertiary/aromatic N) is 2. The van der Waals surface area contributed by atoms with Crippen molar-refractivity contribution >= 4 is 0 Å². The monoisotopic (exact) mass is 261 g/mol. The molecule has 0 unspecified atom stereocenters. The summed E-state index contributed by atoms with van der Waals surface area (Å²) in [5, 5.41) is 0. The van der Waals surface area contributed by atoms with Crippen LogP contribution in [0.3, 0.4) is 0 Å². The van der Waals surface area contributed by atoms with E-state index in [4.69, 9.17) is 5.73 Å². The van der Waals surface area contributed by atoms with Crippen molar-refractivity contribution in [1.82, 2.24) is 9.80 Å². The lowest BCUT2D eigenvalue weighted by Gasteiger charge is -2.34. The second-order valence-corrected chi connectivity index (χ2v) is 5.47. The third-order valence-electron chi connectivity index (χ3n) is 3.88. The van der Waals surface area contributed by atoms with Crippen molar-refractivity contribution in [2.24, 2.45) is 5.73 Å². The normalized spacial score (nSPS) is 17.8. The van der Waals surface area contributed by atoms with Gasteiger partial charge in [0.15, 0.2) is 0 Å². The Bertz CT molecular complexity index is 353. The molecule has 1 aliphatic rings. The summed E-state index contributed by atoms with van der Waals surface area (Å²) in [6.07, 6.45) is 2.42. The summed E-state index contributed by atoms with van der Waals surface area (Å²) in [6, 6.07) is 9.14. The summed E-state index contributed by atoms with van der Waals surface area (Å²) < 4.78 is 0. The number of aryl methyl sites for hydroxylation is 1. The fraction of sp³-hybridized carbons (Fsp3) is 0.625. The smallest absolute Gasteiger partial charge is 0.0234 e. The van der Waals surface area contributed by atoms with Gasteiger partial charge in [-0.05, 0) is 17.5 Å². The van der Waals surface area contributed by atoms with Gasteiger partial charge in [-0.3, -0.25) is 9.80 Å². The number of piperazine rings is 1. The summed E-state index contributed by atoms with van der Waals surface area (Å²) in [5.41, 5.74) is 8.50. The first-order valence-corrected chi connectivity index (χ1v) is 7.54. The zero-order valence-corrected chi connectivity index (χ0v) is 12.1. The van der Waals surface area contributed by atoms with Gasteiger partial charge in [-0.15, -0.1) is 0 Å². The summed E-state index contributed by atoms with van der Waals surface area (Å²) in [7, 11) is 0. The SMILES string of the molecule is CCCc1ccc(CN2CCN(CCN)CC2)cc1. The molecule has 2 N–H and O–H groups in total. The molecule has 3 nitrogen and oxygen atoms in total. The molecule has 0 bridgehead atoms. The van der Waals surface area contributed by atoms with Gasteiger partial charge in [-0.1, -0.05) is 37.6 Å². The Morgan fingerprint density at radius 2 is 1.53 bits per heavy atom. The molecular formula is C16H27N3. The highest BCUT2D eigenvalue weighted by atomic mass is 15.3. The van der Waals surface area contributed by atoms with Crippen molar-refractivity contribution in [1.29, 1.82) is 0 Å². The molecule has 1 aliphatic heterocycles. The van der Waals surface area contributed by atoms with Gasteiger partial charge >= 0.3 is 0 Å². The maximum absolute atomic E-state index is 5.60. The molecule has 2 rings (SSSR count). The third kappa shape index (κ3) is 4.60. The van der Waals surface area contributed by atoms with E-state index in [0.717, 1.165) is 45.8 Å². The van der Waals surface area contributed by atoms with Crippen molar-refractivity contribution < 1.29 is 0 Å². The molecule has 0 amide bonds. The molecule has 0 spiro atoms. The first kappa shape index (κ1) is 14.5. The predicted octanol–water partition coefficient (Wildman–Crippen LogP) is 1.72. The first-order valence-electron chi connectivity index (χ1n) is 7.54. The molecule has 0 saturated carbocycles. The van der Waals surface area contributed by atoms with Gasteiger partial charge in [0.05, 0.1) is 0 Å². The Labute approximate surface area is 117 Å². The van der Waals surface area contributed by atoms with Crippen LogP contribution < -0.4 is 5.73 Å². The largest absolute Gasteiger partial charge is 0.329 e. The molecular weight excluding hydrogens is 234 g/mol. The van der Waals surface area contributed by atoms with Gasteiger partial charge in [-0.25, -0.2) is 0 Å². The second kappa shape index (κ2) is 7.63. The van der Waals surface area contributed by atoms with Gasteiger partial charge < -0.3 is 5.73 Å². The first-order chi connectivity index (χ1) is 9.31. The third-order valence-corrected chi connectivity index (χ3v) is 3.88. The van der Waals surface area contributed by atoms with E-state index in [1.165, 1.54) is 24.0 Å². The van der Waals surface area contributed by atoms with Crippen LogP contribution in [0, 0.1) is 0 Å². The summed E-state index contributed by atoms with van der Waals surface area (Å²) in [6.45, 7) is 9.78. The van der Waals surface area contributed by atoms with Crippen LogP contribution in [0.5, 0.6) is 0 Å². The topological polar surface area (TPSA) is 32.5 Å². The molecule has 19 heavy (non-hydrogen) atoms.